The predicted octanol–water partition coefficient (Wildman–Crippen LogP) is 2.94. The maximum Gasteiger partial charge on any atom is 0.274 e. The number of aromatic nitrogens is 2. The van der Waals surface area contributed by atoms with Crippen molar-refractivity contribution in [2.75, 3.05) is 12.4 Å². The van der Waals surface area contributed by atoms with Gasteiger partial charge in [-0.2, -0.15) is 5.10 Å². The molecule has 2 aromatic rings. The fourth-order valence-electron chi connectivity index (χ4n) is 1.69. The molecule has 0 bridgehead atoms. The number of nitrogens with one attached hydrogen (secondary N) is 2. The summed E-state index contributed by atoms with van der Waals surface area (Å²) in [5.41, 5.74) is 2.64. The van der Waals surface area contributed by atoms with Gasteiger partial charge in [0.2, 0.25) is 0 Å². The number of hydrogen-bond donors (Lipinski definition) is 2. The van der Waals surface area contributed by atoms with E-state index in [0.29, 0.717) is 22.2 Å². The molecule has 0 spiro atoms. The van der Waals surface area contributed by atoms with E-state index in [9.17, 15) is 4.79 Å². The number of anilines is 1. The van der Waals surface area contributed by atoms with Gasteiger partial charge in [-0.25, -0.2) is 0 Å². The van der Waals surface area contributed by atoms with E-state index in [0.717, 1.165) is 11.1 Å². The highest BCUT2D eigenvalue weighted by atomic mass is 35.5. The van der Waals surface area contributed by atoms with Crippen molar-refractivity contribution in [2.24, 2.45) is 0 Å². The largest absolute Gasteiger partial charge is 0.495 e. The van der Waals surface area contributed by atoms with Crippen molar-refractivity contribution in [1.29, 1.82) is 0 Å². The standard InChI is InChI=1S/C13H14ClN3O2/c1-7-4-10(11(19-3)5-9(7)14)16-13(18)12-8(2)6-15-17-12/h4-6H,1-3H3,(H,15,17)(H,16,18). The van der Waals surface area contributed by atoms with Crippen LogP contribution in [0, 0.1) is 13.8 Å². The molecular weight excluding hydrogens is 266 g/mol. The van der Waals surface area contributed by atoms with Crippen LogP contribution in [0.4, 0.5) is 5.69 Å². The highest BCUT2D eigenvalue weighted by Crippen LogP contribution is 2.31. The predicted molar refractivity (Wildman–Crippen MR) is 74.0 cm³/mol. The van der Waals surface area contributed by atoms with Crippen LogP contribution in [-0.2, 0) is 0 Å². The zero-order valence-electron chi connectivity index (χ0n) is 10.9. The van der Waals surface area contributed by atoms with Gasteiger partial charge in [-0.05, 0) is 31.0 Å². The van der Waals surface area contributed by atoms with Crippen molar-refractivity contribution in [1.82, 2.24) is 10.2 Å². The summed E-state index contributed by atoms with van der Waals surface area (Å²) in [4.78, 5) is 12.1. The molecule has 0 saturated heterocycles. The molecule has 0 aliphatic rings. The van der Waals surface area contributed by atoms with Crippen molar-refractivity contribution in [3.05, 3.63) is 40.2 Å². The number of hydrogen-bond acceptors (Lipinski definition) is 3. The summed E-state index contributed by atoms with van der Waals surface area (Å²) in [7, 11) is 1.53. The monoisotopic (exact) mass is 279 g/mol. The van der Waals surface area contributed by atoms with Crippen LogP contribution in [0.15, 0.2) is 18.3 Å². The van der Waals surface area contributed by atoms with Gasteiger partial charge in [0.1, 0.15) is 11.4 Å². The molecule has 6 heteroatoms. The summed E-state index contributed by atoms with van der Waals surface area (Å²) >= 11 is 6.02. The highest BCUT2D eigenvalue weighted by molar-refractivity contribution is 6.31. The smallest absolute Gasteiger partial charge is 0.274 e. The van der Waals surface area contributed by atoms with E-state index in [1.54, 1.807) is 18.3 Å². The van der Waals surface area contributed by atoms with Gasteiger partial charge in [-0.15, -0.1) is 0 Å². The van der Waals surface area contributed by atoms with E-state index in [4.69, 9.17) is 16.3 Å². The van der Waals surface area contributed by atoms with Gasteiger partial charge in [0.15, 0.2) is 0 Å². The van der Waals surface area contributed by atoms with Gasteiger partial charge in [-0.1, -0.05) is 11.6 Å². The maximum atomic E-state index is 12.1. The van der Waals surface area contributed by atoms with Crippen LogP contribution in [0.25, 0.3) is 0 Å². The molecule has 1 aromatic heterocycles. The van der Waals surface area contributed by atoms with E-state index in [2.05, 4.69) is 15.5 Å². The quantitative estimate of drug-likeness (QED) is 0.908. The SMILES string of the molecule is COc1cc(Cl)c(C)cc1NC(=O)c1[nH]ncc1C. The highest BCUT2D eigenvalue weighted by Gasteiger charge is 2.14. The Labute approximate surface area is 115 Å². The van der Waals surface area contributed by atoms with Crippen molar-refractivity contribution in [3.8, 4) is 5.75 Å². The van der Waals surface area contributed by atoms with Crippen molar-refractivity contribution in [3.63, 3.8) is 0 Å². The van der Waals surface area contributed by atoms with Crippen molar-refractivity contribution < 1.29 is 9.53 Å². The number of benzene rings is 1. The van der Waals surface area contributed by atoms with E-state index in [1.807, 2.05) is 13.8 Å². The van der Waals surface area contributed by atoms with Gasteiger partial charge in [0.05, 0.1) is 19.0 Å². The molecule has 0 aliphatic heterocycles. The number of carbonyl (C=O) groups is 1. The van der Waals surface area contributed by atoms with Gasteiger partial charge in [0.25, 0.3) is 5.91 Å². The van der Waals surface area contributed by atoms with Crippen LogP contribution in [0.3, 0.4) is 0 Å². The molecule has 100 valence electrons. The van der Waals surface area contributed by atoms with Crippen LogP contribution in [0.2, 0.25) is 5.02 Å². The summed E-state index contributed by atoms with van der Waals surface area (Å²) in [6.45, 7) is 3.67. The topological polar surface area (TPSA) is 67.0 Å². The first-order valence-electron chi connectivity index (χ1n) is 5.68. The second kappa shape index (κ2) is 5.32. The molecule has 1 amide bonds. The van der Waals surface area contributed by atoms with Gasteiger partial charge in [-0.3, -0.25) is 9.89 Å². The molecule has 2 N–H and O–H groups in total. The molecule has 1 aromatic carbocycles. The number of nitrogens with zero attached hydrogens (tertiary/aromatic N) is 1. The summed E-state index contributed by atoms with van der Waals surface area (Å²) in [6, 6.07) is 3.44. The Morgan fingerprint density at radius 1 is 1.37 bits per heavy atom. The number of halogens is 1. The summed E-state index contributed by atoms with van der Waals surface area (Å²) < 4.78 is 5.20. The summed E-state index contributed by atoms with van der Waals surface area (Å²) in [5.74, 6) is 0.246. The Bertz CT molecular complexity index is 622. The minimum Gasteiger partial charge on any atom is -0.495 e. The normalized spacial score (nSPS) is 10.3. The second-order valence-corrected chi connectivity index (χ2v) is 4.59. The Hall–Kier alpha value is -2.01. The Balaban J connectivity index is 2.31. The lowest BCUT2D eigenvalue weighted by Gasteiger charge is -2.12. The number of H-pyrrole nitrogens is 1. The number of ether oxygens (including phenoxy) is 1. The lowest BCUT2D eigenvalue weighted by Crippen LogP contribution is -2.14. The number of aromatic amines is 1. The van der Waals surface area contributed by atoms with Gasteiger partial charge >= 0.3 is 0 Å². The molecule has 1 heterocycles. The Morgan fingerprint density at radius 3 is 2.68 bits per heavy atom. The minimum absolute atomic E-state index is 0.268. The second-order valence-electron chi connectivity index (χ2n) is 4.18. The Kier molecular flexibility index (Phi) is 3.76. The van der Waals surface area contributed by atoms with Gasteiger partial charge in [0, 0.05) is 11.1 Å². The fraction of sp³-hybridized carbons (Fsp3) is 0.231. The van der Waals surface area contributed by atoms with Gasteiger partial charge < -0.3 is 10.1 Å². The van der Waals surface area contributed by atoms with Crippen LogP contribution in [0.5, 0.6) is 5.75 Å². The molecule has 0 fully saturated rings. The first-order chi connectivity index (χ1) is 9.02. The molecule has 19 heavy (non-hydrogen) atoms. The third-order valence-electron chi connectivity index (χ3n) is 2.78. The third-order valence-corrected chi connectivity index (χ3v) is 3.19. The van der Waals surface area contributed by atoms with Crippen LogP contribution < -0.4 is 10.1 Å². The number of aryl methyl sites for hydroxylation is 2. The number of methoxy groups -OCH3 is 1. The van der Waals surface area contributed by atoms with Crippen LogP contribution in [-0.4, -0.2) is 23.2 Å². The molecular formula is C13H14ClN3O2. The van der Waals surface area contributed by atoms with Crippen molar-refractivity contribution in [2.45, 2.75) is 13.8 Å². The summed E-state index contributed by atoms with van der Waals surface area (Å²) in [5, 5.41) is 9.85. The molecule has 0 atom stereocenters. The summed E-state index contributed by atoms with van der Waals surface area (Å²) in [6.07, 6.45) is 1.60. The first kappa shape index (κ1) is 13.4. The molecule has 0 saturated carbocycles. The number of carbonyl (C=O) groups excluding carboxylic acids is 1. The van der Waals surface area contributed by atoms with Crippen LogP contribution in [0.1, 0.15) is 21.6 Å². The zero-order chi connectivity index (χ0) is 14.0. The molecule has 2 rings (SSSR count). The first-order valence-corrected chi connectivity index (χ1v) is 6.06. The van der Waals surface area contributed by atoms with E-state index < -0.39 is 0 Å². The number of amides is 1. The molecule has 0 radical (unpaired) electrons. The van der Waals surface area contributed by atoms with E-state index in [1.165, 1.54) is 7.11 Å². The molecule has 5 nitrogen and oxygen atoms in total. The fourth-order valence-corrected chi connectivity index (χ4v) is 1.84. The van der Waals surface area contributed by atoms with E-state index in [-0.39, 0.29) is 5.91 Å². The zero-order valence-corrected chi connectivity index (χ0v) is 11.6. The average molecular weight is 280 g/mol. The maximum absolute atomic E-state index is 12.1. The average Bonchev–Trinajstić information content (AvgIpc) is 2.79. The number of rotatable bonds is 3. The van der Waals surface area contributed by atoms with E-state index >= 15 is 0 Å². The molecule has 0 unspecified atom stereocenters. The lowest BCUT2D eigenvalue weighted by atomic mass is 10.2. The van der Waals surface area contributed by atoms with Crippen LogP contribution >= 0.6 is 11.6 Å². The molecule has 0 aliphatic carbocycles. The minimum atomic E-state index is -0.268. The Morgan fingerprint density at radius 2 is 2.11 bits per heavy atom. The lowest BCUT2D eigenvalue weighted by molar-refractivity contribution is 0.102. The van der Waals surface area contributed by atoms with Crippen molar-refractivity contribution >= 4 is 23.2 Å². The third kappa shape index (κ3) is 2.71.